The summed E-state index contributed by atoms with van der Waals surface area (Å²) in [6.45, 7) is 11.2. The molecule has 126 valence electrons. The molecule has 1 amide bonds. The highest BCUT2D eigenvalue weighted by Crippen LogP contribution is 2.13. The zero-order valence-electron chi connectivity index (χ0n) is 14.1. The quantitative estimate of drug-likeness (QED) is 0.641. The SMILES string of the molecule is C=C(CCc1ccc(NC(=O)OC(C)(C)C)nc1)C(=O)OCC. The Morgan fingerprint density at radius 1 is 1.30 bits per heavy atom. The molecule has 0 unspecified atom stereocenters. The van der Waals surface area contributed by atoms with Gasteiger partial charge in [-0.25, -0.2) is 14.6 Å². The Hall–Kier alpha value is -2.37. The number of ether oxygens (including phenoxy) is 2. The average Bonchev–Trinajstić information content (AvgIpc) is 2.44. The predicted octanol–water partition coefficient (Wildman–Crippen LogP) is 3.48. The van der Waals surface area contributed by atoms with Crippen LogP contribution in [0.3, 0.4) is 0 Å². The number of hydrogen-bond acceptors (Lipinski definition) is 5. The lowest BCUT2D eigenvalue weighted by Crippen LogP contribution is -2.27. The van der Waals surface area contributed by atoms with Gasteiger partial charge in [0, 0.05) is 11.8 Å². The largest absolute Gasteiger partial charge is 0.463 e. The van der Waals surface area contributed by atoms with Crippen molar-refractivity contribution in [2.24, 2.45) is 0 Å². The molecule has 0 bridgehead atoms. The van der Waals surface area contributed by atoms with Crippen LogP contribution in [0.2, 0.25) is 0 Å². The summed E-state index contributed by atoms with van der Waals surface area (Å²) >= 11 is 0. The van der Waals surface area contributed by atoms with Gasteiger partial charge < -0.3 is 9.47 Å². The van der Waals surface area contributed by atoms with E-state index in [0.29, 0.717) is 30.8 Å². The molecule has 0 fully saturated rings. The van der Waals surface area contributed by atoms with Crippen LogP contribution in [-0.4, -0.2) is 29.3 Å². The molecule has 0 aromatic carbocycles. The molecule has 6 nitrogen and oxygen atoms in total. The predicted molar refractivity (Wildman–Crippen MR) is 88.2 cm³/mol. The van der Waals surface area contributed by atoms with Crippen molar-refractivity contribution in [3.8, 4) is 0 Å². The van der Waals surface area contributed by atoms with Gasteiger partial charge in [-0.1, -0.05) is 12.6 Å². The van der Waals surface area contributed by atoms with Gasteiger partial charge in [0.15, 0.2) is 0 Å². The molecule has 0 aliphatic rings. The van der Waals surface area contributed by atoms with Gasteiger partial charge in [-0.2, -0.15) is 0 Å². The molecule has 0 atom stereocenters. The van der Waals surface area contributed by atoms with Gasteiger partial charge in [0.2, 0.25) is 0 Å². The summed E-state index contributed by atoms with van der Waals surface area (Å²) in [5, 5.41) is 2.56. The maximum Gasteiger partial charge on any atom is 0.413 e. The molecule has 0 spiro atoms. The van der Waals surface area contributed by atoms with Crippen molar-refractivity contribution in [1.82, 2.24) is 4.98 Å². The monoisotopic (exact) mass is 320 g/mol. The highest BCUT2D eigenvalue weighted by molar-refractivity contribution is 5.87. The van der Waals surface area contributed by atoms with Crippen LogP contribution in [0.15, 0.2) is 30.5 Å². The summed E-state index contributed by atoms with van der Waals surface area (Å²) in [4.78, 5) is 27.2. The number of amides is 1. The Morgan fingerprint density at radius 3 is 2.52 bits per heavy atom. The Balaban J connectivity index is 2.49. The highest BCUT2D eigenvalue weighted by atomic mass is 16.6. The third-order valence-corrected chi connectivity index (χ3v) is 2.73. The van der Waals surface area contributed by atoms with Crippen LogP contribution >= 0.6 is 0 Å². The van der Waals surface area contributed by atoms with Crippen molar-refractivity contribution >= 4 is 17.9 Å². The van der Waals surface area contributed by atoms with E-state index in [4.69, 9.17) is 9.47 Å². The normalized spacial score (nSPS) is 10.8. The number of pyridine rings is 1. The van der Waals surface area contributed by atoms with Gasteiger partial charge in [0.25, 0.3) is 0 Å². The molecule has 23 heavy (non-hydrogen) atoms. The molecule has 1 rings (SSSR count). The maximum absolute atomic E-state index is 11.6. The van der Waals surface area contributed by atoms with Crippen LogP contribution in [0.25, 0.3) is 0 Å². The molecule has 1 aromatic rings. The van der Waals surface area contributed by atoms with Crippen LogP contribution in [0, 0.1) is 0 Å². The molecule has 1 N–H and O–H groups in total. The third kappa shape index (κ3) is 7.44. The lowest BCUT2D eigenvalue weighted by molar-refractivity contribution is -0.138. The first-order valence-electron chi connectivity index (χ1n) is 7.51. The van der Waals surface area contributed by atoms with Gasteiger partial charge >= 0.3 is 12.1 Å². The van der Waals surface area contributed by atoms with Gasteiger partial charge in [-0.3, -0.25) is 5.32 Å². The summed E-state index contributed by atoms with van der Waals surface area (Å²) < 4.78 is 10.0. The molecule has 1 heterocycles. The molecular formula is C17H24N2O4. The first-order chi connectivity index (χ1) is 10.7. The molecule has 0 radical (unpaired) electrons. The molecular weight excluding hydrogens is 296 g/mol. The lowest BCUT2D eigenvalue weighted by atomic mass is 10.1. The summed E-state index contributed by atoms with van der Waals surface area (Å²) in [5.41, 5.74) is 0.810. The van der Waals surface area contributed by atoms with Crippen molar-refractivity contribution in [3.05, 3.63) is 36.0 Å². The fourth-order valence-electron chi connectivity index (χ4n) is 1.68. The molecule has 6 heteroatoms. The summed E-state index contributed by atoms with van der Waals surface area (Å²) in [6.07, 6.45) is 2.22. The van der Waals surface area contributed by atoms with E-state index in [1.807, 2.05) is 6.07 Å². The van der Waals surface area contributed by atoms with E-state index in [1.54, 1.807) is 40.0 Å². The minimum absolute atomic E-state index is 0.338. The number of aryl methyl sites for hydroxylation is 1. The number of rotatable bonds is 6. The van der Waals surface area contributed by atoms with E-state index in [-0.39, 0.29) is 5.97 Å². The van der Waals surface area contributed by atoms with Gasteiger partial charge in [0.05, 0.1) is 6.61 Å². The number of nitrogens with one attached hydrogen (secondary N) is 1. The second kappa shape index (κ2) is 8.31. The minimum Gasteiger partial charge on any atom is -0.463 e. The van der Waals surface area contributed by atoms with Gasteiger partial charge in [-0.15, -0.1) is 0 Å². The zero-order chi connectivity index (χ0) is 17.5. The third-order valence-electron chi connectivity index (χ3n) is 2.73. The Morgan fingerprint density at radius 2 is 2.00 bits per heavy atom. The Labute approximate surface area is 136 Å². The molecule has 0 saturated carbocycles. The second-order valence-electron chi connectivity index (χ2n) is 6.00. The van der Waals surface area contributed by atoms with E-state index in [0.717, 1.165) is 5.56 Å². The summed E-state index contributed by atoms with van der Waals surface area (Å²) in [6, 6.07) is 3.52. The summed E-state index contributed by atoms with van der Waals surface area (Å²) in [5.74, 6) is 0.0379. The van der Waals surface area contributed by atoms with E-state index < -0.39 is 11.7 Å². The van der Waals surface area contributed by atoms with Crippen LogP contribution in [0.5, 0.6) is 0 Å². The number of anilines is 1. The van der Waals surface area contributed by atoms with Crippen LogP contribution in [-0.2, 0) is 20.7 Å². The minimum atomic E-state index is -0.558. The molecule has 0 saturated heterocycles. The van der Waals surface area contributed by atoms with Crippen molar-refractivity contribution in [1.29, 1.82) is 0 Å². The van der Waals surface area contributed by atoms with Crippen LogP contribution < -0.4 is 5.32 Å². The topological polar surface area (TPSA) is 77.5 Å². The summed E-state index contributed by atoms with van der Waals surface area (Å²) in [7, 11) is 0. The molecule has 0 aliphatic heterocycles. The van der Waals surface area contributed by atoms with Crippen molar-refractivity contribution in [2.45, 2.75) is 46.1 Å². The molecule has 0 aliphatic carbocycles. The Kier molecular flexibility index (Phi) is 6.75. The first kappa shape index (κ1) is 18.7. The van der Waals surface area contributed by atoms with Crippen molar-refractivity contribution < 1.29 is 19.1 Å². The lowest BCUT2D eigenvalue weighted by Gasteiger charge is -2.19. The fraction of sp³-hybridized carbons (Fsp3) is 0.471. The molecule has 1 aromatic heterocycles. The van der Waals surface area contributed by atoms with Gasteiger partial charge in [-0.05, 0) is 52.2 Å². The standard InChI is InChI=1S/C17H24N2O4/c1-6-22-15(20)12(2)7-8-13-9-10-14(18-11-13)19-16(21)23-17(3,4)5/h9-11H,2,6-8H2,1,3-5H3,(H,18,19,21). The second-order valence-corrected chi connectivity index (χ2v) is 6.00. The smallest absolute Gasteiger partial charge is 0.413 e. The van der Waals surface area contributed by atoms with Crippen LogP contribution in [0.4, 0.5) is 10.6 Å². The van der Waals surface area contributed by atoms with E-state index in [9.17, 15) is 9.59 Å². The van der Waals surface area contributed by atoms with Crippen molar-refractivity contribution in [2.75, 3.05) is 11.9 Å². The number of carbonyl (C=O) groups is 2. The van der Waals surface area contributed by atoms with Crippen molar-refractivity contribution in [3.63, 3.8) is 0 Å². The number of nitrogens with zero attached hydrogens (tertiary/aromatic N) is 1. The average molecular weight is 320 g/mol. The van der Waals surface area contributed by atoms with E-state index in [1.165, 1.54) is 0 Å². The number of hydrogen-bond donors (Lipinski definition) is 1. The first-order valence-corrected chi connectivity index (χ1v) is 7.51. The van der Waals surface area contributed by atoms with E-state index in [2.05, 4.69) is 16.9 Å². The van der Waals surface area contributed by atoms with Gasteiger partial charge in [0.1, 0.15) is 11.4 Å². The number of aromatic nitrogens is 1. The fourth-order valence-corrected chi connectivity index (χ4v) is 1.68. The van der Waals surface area contributed by atoms with Crippen LogP contribution in [0.1, 0.15) is 39.7 Å². The zero-order valence-corrected chi connectivity index (χ0v) is 14.1. The number of carbonyl (C=O) groups excluding carboxylic acids is 2. The highest BCUT2D eigenvalue weighted by Gasteiger charge is 2.16. The number of esters is 1. The Bertz CT molecular complexity index is 559. The van der Waals surface area contributed by atoms with E-state index >= 15 is 0 Å². The maximum atomic E-state index is 11.6.